The quantitative estimate of drug-likeness (QED) is 0.718. The van der Waals surface area contributed by atoms with Crippen LogP contribution in [0.1, 0.15) is 26.2 Å². The van der Waals surface area contributed by atoms with Crippen LogP contribution in [0.25, 0.3) is 0 Å². The third-order valence-corrected chi connectivity index (χ3v) is 4.56. The number of nitrogens with zero attached hydrogens (tertiary/aromatic N) is 1. The van der Waals surface area contributed by atoms with Gasteiger partial charge in [-0.2, -0.15) is 17.4 Å². The zero-order valence-electron chi connectivity index (χ0n) is 10.5. The number of likely N-dealkylation sites (N-methyl/N-ethyl adjacent to an activating group) is 1. The van der Waals surface area contributed by atoms with Gasteiger partial charge in [-0.25, -0.2) is 8.78 Å². The van der Waals surface area contributed by atoms with Gasteiger partial charge in [0.15, 0.2) is 0 Å². The van der Waals surface area contributed by atoms with Crippen LogP contribution in [0.5, 0.6) is 0 Å². The van der Waals surface area contributed by atoms with Gasteiger partial charge in [-0.3, -0.25) is 0 Å². The number of piperidine rings is 1. The molecule has 0 radical (unpaired) electrons. The number of hydrogen-bond donors (Lipinski definition) is 2. The summed E-state index contributed by atoms with van der Waals surface area (Å²) in [6.07, 6.45) is -0.158. The molecule has 0 amide bonds. The van der Waals surface area contributed by atoms with Crippen molar-refractivity contribution in [2.24, 2.45) is 0 Å². The second-order valence-electron chi connectivity index (χ2n) is 4.31. The molecule has 0 aliphatic carbocycles. The van der Waals surface area contributed by atoms with Gasteiger partial charge in [0.2, 0.25) is 0 Å². The summed E-state index contributed by atoms with van der Waals surface area (Å²) >= 11 is 0. The third-order valence-electron chi connectivity index (χ3n) is 2.93. The van der Waals surface area contributed by atoms with Gasteiger partial charge in [-0.1, -0.05) is 13.3 Å². The van der Waals surface area contributed by atoms with E-state index in [2.05, 4.69) is 5.32 Å². The predicted molar refractivity (Wildman–Crippen MR) is 65.8 cm³/mol. The first-order valence-corrected chi connectivity index (χ1v) is 7.66. The van der Waals surface area contributed by atoms with Crippen molar-refractivity contribution < 1.29 is 17.2 Å². The van der Waals surface area contributed by atoms with E-state index in [1.165, 1.54) is 4.31 Å². The van der Waals surface area contributed by atoms with E-state index in [0.717, 1.165) is 25.8 Å². The molecule has 1 atom stereocenters. The Balaban J connectivity index is 2.63. The van der Waals surface area contributed by atoms with Gasteiger partial charge >= 0.3 is 0 Å². The summed E-state index contributed by atoms with van der Waals surface area (Å²) in [5.74, 6) is 0. The molecular formula is C10H21F2N3O2S. The van der Waals surface area contributed by atoms with Crippen molar-refractivity contribution in [2.75, 3.05) is 26.2 Å². The van der Waals surface area contributed by atoms with E-state index in [1.807, 2.05) is 11.6 Å². The summed E-state index contributed by atoms with van der Waals surface area (Å²) in [5.41, 5.74) is 0. The Morgan fingerprint density at radius 2 is 2.11 bits per heavy atom. The minimum atomic E-state index is -3.79. The number of hydrogen-bond acceptors (Lipinski definition) is 3. The van der Waals surface area contributed by atoms with Gasteiger partial charge in [0.05, 0.1) is 6.54 Å². The molecule has 0 aromatic heterocycles. The smallest absolute Gasteiger partial charge is 0.279 e. The molecule has 1 aliphatic rings. The van der Waals surface area contributed by atoms with Crippen molar-refractivity contribution in [1.29, 1.82) is 0 Å². The van der Waals surface area contributed by atoms with Crippen LogP contribution < -0.4 is 10.0 Å². The van der Waals surface area contributed by atoms with E-state index in [1.54, 1.807) is 0 Å². The van der Waals surface area contributed by atoms with E-state index in [9.17, 15) is 17.2 Å². The first-order chi connectivity index (χ1) is 8.47. The number of rotatable bonds is 7. The van der Waals surface area contributed by atoms with Crippen LogP contribution in [0.2, 0.25) is 0 Å². The molecule has 1 rings (SSSR count). The fourth-order valence-electron chi connectivity index (χ4n) is 2.06. The van der Waals surface area contributed by atoms with Gasteiger partial charge in [-0.15, -0.1) is 0 Å². The summed E-state index contributed by atoms with van der Waals surface area (Å²) in [4.78, 5) is 0. The average Bonchev–Trinajstić information content (AvgIpc) is 2.34. The van der Waals surface area contributed by atoms with Gasteiger partial charge in [-0.05, 0) is 19.4 Å². The van der Waals surface area contributed by atoms with E-state index < -0.39 is 23.2 Å². The predicted octanol–water partition coefficient (Wildman–Crippen LogP) is 0.550. The van der Waals surface area contributed by atoms with Crippen LogP contribution in [-0.4, -0.2) is 51.4 Å². The zero-order valence-corrected chi connectivity index (χ0v) is 11.3. The summed E-state index contributed by atoms with van der Waals surface area (Å²) in [6, 6.07) is -0.145. The van der Waals surface area contributed by atoms with Crippen LogP contribution >= 0.6 is 0 Å². The molecule has 2 N–H and O–H groups in total. The molecule has 1 saturated heterocycles. The molecule has 5 nitrogen and oxygen atoms in total. The van der Waals surface area contributed by atoms with E-state index in [4.69, 9.17) is 0 Å². The van der Waals surface area contributed by atoms with Crippen molar-refractivity contribution in [3.63, 3.8) is 0 Å². The highest BCUT2D eigenvalue weighted by molar-refractivity contribution is 7.87. The maximum Gasteiger partial charge on any atom is 0.279 e. The maximum atomic E-state index is 12.1. The molecule has 1 fully saturated rings. The summed E-state index contributed by atoms with van der Waals surface area (Å²) in [6.45, 7) is 2.83. The minimum Gasteiger partial charge on any atom is -0.315 e. The molecule has 108 valence electrons. The van der Waals surface area contributed by atoms with Crippen LogP contribution in [0, 0.1) is 0 Å². The minimum absolute atomic E-state index is 0.145. The monoisotopic (exact) mass is 285 g/mol. The standard InChI is InChI=1S/C10H21F2N3O2S/c1-2-13-7-9-5-3-4-6-15(9)18(16,17)14-8-10(11)12/h9-10,13-14H,2-8H2,1H3. The molecular weight excluding hydrogens is 264 g/mol. The fourth-order valence-corrected chi connectivity index (χ4v) is 3.50. The Kier molecular flexibility index (Phi) is 6.40. The van der Waals surface area contributed by atoms with Gasteiger partial charge in [0.25, 0.3) is 16.6 Å². The zero-order chi connectivity index (χ0) is 13.6. The number of alkyl halides is 2. The summed E-state index contributed by atoms with van der Waals surface area (Å²) in [7, 11) is -3.79. The van der Waals surface area contributed by atoms with Gasteiger partial charge in [0, 0.05) is 19.1 Å². The van der Waals surface area contributed by atoms with Crippen molar-refractivity contribution in [2.45, 2.75) is 38.7 Å². The lowest BCUT2D eigenvalue weighted by Crippen LogP contribution is -2.52. The first-order valence-electron chi connectivity index (χ1n) is 6.22. The lowest BCUT2D eigenvalue weighted by atomic mass is 10.1. The van der Waals surface area contributed by atoms with Gasteiger partial charge in [0.1, 0.15) is 0 Å². The topological polar surface area (TPSA) is 61.4 Å². The SMILES string of the molecule is CCNCC1CCCCN1S(=O)(=O)NCC(F)F. The molecule has 1 aliphatic heterocycles. The van der Waals surface area contributed by atoms with Crippen molar-refractivity contribution in [1.82, 2.24) is 14.3 Å². The van der Waals surface area contributed by atoms with E-state index >= 15 is 0 Å². The highest BCUT2D eigenvalue weighted by Gasteiger charge is 2.32. The third kappa shape index (κ3) is 4.75. The lowest BCUT2D eigenvalue weighted by Gasteiger charge is -2.34. The van der Waals surface area contributed by atoms with Crippen LogP contribution in [0.3, 0.4) is 0 Å². The highest BCUT2D eigenvalue weighted by Crippen LogP contribution is 2.19. The second kappa shape index (κ2) is 7.32. The molecule has 1 heterocycles. The molecule has 1 unspecified atom stereocenters. The normalized spacial score (nSPS) is 22.6. The molecule has 8 heteroatoms. The fraction of sp³-hybridized carbons (Fsp3) is 1.00. The Labute approximate surface area is 107 Å². The Morgan fingerprint density at radius 3 is 2.72 bits per heavy atom. The molecule has 0 aromatic carbocycles. The molecule has 18 heavy (non-hydrogen) atoms. The molecule has 0 spiro atoms. The van der Waals surface area contributed by atoms with Gasteiger partial charge < -0.3 is 5.32 Å². The van der Waals surface area contributed by atoms with Crippen molar-refractivity contribution >= 4 is 10.2 Å². The van der Waals surface area contributed by atoms with Crippen molar-refractivity contribution in [3.05, 3.63) is 0 Å². The number of nitrogens with one attached hydrogen (secondary N) is 2. The van der Waals surface area contributed by atoms with Crippen LogP contribution in [0.4, 0.5) is 8.78 Å². The van der Waals surface area contributed by atoms with Crippen molar-refractivity contribution in [3.8, 4) is 0 Å². The Bertz CT molecular complexity index is 338. The molecule has 0 saturated carbocycles. The number of halogens is 2. The highest BCUT2D eigenvalue weighted by atomic mass is 32.2. The van der Waals surface area contributed by atoms with E-state index in [-0.39, 0.29) is 6.04 Å². The average molecular weight is 285 g/mol. The van der Waals surface area contributed by atoms with E-state index in [0.29, 0.717) is 13.1 Å². The largest absolute Gasteiger partial charge is 0.315 e. The summed E-state index contributed by atoms with van der Waals surface area (Å²) < 4.78 is 51.2. The second-order valence-corrected chi connectivity index (χ2v) is 6.02. The lowest BCUT2D eigenvalue weighted by molar-refractivity contribution is 0.151. The first kappa shape index (κ1) is 15.7. The van der Waals surface area contributed by atoms with Crippen LogP contribution in [0.15, 0.2) is 0 Å². The summed E-state index contributed by atoms with van der Waals surface area (Å²) in [5, 5.41) is 3.10. The Morgan fingerprint density at radius 1 is 1.39 bits per heavy atom. The molecule has 0 aromatic rings. The maximum absolute atomic E-state index is 12.1. The Hall–Kier alpha value is -0.310. The van der Waals surface area contributed by atoms with Crippen LogP contribution in [-0.2, 0) is 10.2 Å². The molecule has 0 bridgehead atoms.